The number of carbonyl (C=O) groups is 2. The first-order valence-electron chi connectivity index (χ1n) is 9.85. The lowest BCUT2D eigenvalue weighted by Gasteiger charge is -2.09. The molecule has 0 aliphatic heterocycles. The van der Waals surface area contributed by atoms with E-state index in [2.05, 4.69) is 19.2 Å². The molecule has 0 atom stereocenters. The van der Waals surface area contributed by atoms with Crippen LogP contribution in [0.1, 0.15) is 41.3 Å². The highest BCUT2D eigenvalue weighted by molar-refractivity contribution is 5.95. The molecule has 0 fully saturated rings. The summed E-state index contributed by atoms with van der Waals surface area (Å²) in [5.74, 6) is 0.280. The lowest BCUT2D eigenvalue weighted by atomic mass is 10.0. The van der Waals surface area contributed by atoms with Crippen LogP contribution in [0.25, 0.3) is 0 Å². The van der Waals surface area contributed by atoms with Crippen molar-refractivity contribution in [3.05, 3.63) is 95.6 Å². The predicted molar refractivity (Wildman–Crippen MR) is 117 cm³/mol. The number of anilines is 1. The molecule has 0 bridgehead atoms. The number of rotatable bonds is 8. The van der Waals surface area contributed by atoms with Gasteiger partial charge in [-0.3, -0.25) is 4.79 Å². The van der Waals surface area contributed by atoms with Gasteiger partial charge < -0.3 is 14.8 Å². The van der Waals surface area contributed by atoms with Gasteiger partial charge in [-0.15, -0.1) is 0 Å². The minimum Gasteiger partial charge on any atom is -0.489 e. The summed E-state index contributed by atoms with van der Waals surface area (Å²) in [6.45, 7) is 4.27. The van der Waals surface area contributed by atoms with E-state index < -0.39 is 5.97 Å². The third-order valence-electron chi connectivity index (χ3n) is 4.53. The molecule has 5 heteroatoms. The predicted octanol–water partition coefficient (Wildman–Crippen LogP) is 5.18. The number of carbonyl (C=O) groups excluding carboxylic acids is 2. The first kappa shape index (κ1) is 21.1. The van der Waals surface area contributed by atoms with Gasteiger partial charge in [0.25, 0.3) is 5.91 Å². The summed E-state index contributed by atoms with van der Waals surface area (Å²) >= 11 is 0. The van der Waals surface area contributed by atoms with E-state index in [0.29, 0.717) is 23.8 Å². The Hall–Kier alpha value is -3.60. The molecule has 0 heterocycles. The first-order chi connectivity index (χ1) is 14.5. The molecular formula is C25H25NO4. The highest BCUT2D eigenvalue weighted by atomic mass is 16.5. The zero-order valence-corrected chi connectivity index (χ0v) is 17.1. The zero-order chi connectivity index (χ0) is 21.3. The Bertz CT molecular complexity index is 964. The molecule has 3 aromatic rings. The average molecular weight is 403 g/mol. The number of esters is 1. The van der Waals surface area contributed by atoms with E-state index in [1.807, 2.05) is 54.6 Å². The molecule has 0 radical (unpaired) electrons. The molecule has 0 aliphatic rings. The fourth-order valence-corrected chi connectivity index (χ4v) is 2.78. The van der Waals surface area contributed by atoms with Gasteiger partial charge in [-0.2, -0.15) is 0 Å². The molecule has 154 valence electrons. The second kappa shape index (κ2) is 10.3. The van der Waals surface area contributed by atoms with Gasteiger partial charge in [0.1, 0.15) is 12.4 Å². The van der Waals surface area contributed by atoms with Crippen molar-refractivity contribution in [2.45, 2.75) is 26.4 Å². The van der Waals surface area contributed by atoms with Crippen LogP contribution in [-0.2, 0) is 16.1 Å². The molecule has 1 amide bonds. The van der Waals surface area contributed by atoms with E-state index in [-0.39, 0.29) is 12.5 Å². The van der Waals surface area contributed by atoms with Gasteiger partial charge in [0.05, 0.1) is 5.56 Å². The maximum atomic E-state index is 12.2. The summed E-state index contributed by atoms with van der Waals surface area (Å²) < 4.78 is 10.8. The van der Waals surface area contributed by atoms with E-state index in [1.54, 1.807) is 24.3 Å². The second-order valence-corrected chi connectivity index (χ2v) is 7.20. The first-order valence-corrected chi connectivity index (χ1v) is 9.85. The number of hydrogen-bond acceptors (Lipinski definition) is 4. The third kappa shape index (κ3) is 6.21. The van der Waals surface area contributed by atoms with Crippen LogP contribution in [0.15, 0.2) is 78.9 Å². The molecule has 3 aromatic carbocycles. The topological polar surface area (TPSA) is 64.6 Å². The number of benzene rings is 3. The van der Waals surface area contributed by atoms with Crippen LogP contribution in [0, 0.1) is 0 Å². The highest BCUT2D eigenvalue weighted by Gasteiger charge is 2.11. The minimum atomic E-state index is -0.546. The van der Waals surface area contributed by atoms with Crippen molar-refractivity contribution in [1.29, 1.82) is 0 Å². The summed E-state index contributed by atoms with van der Waals surface area (Å²) in [4.78, 5) is 24.2. The fraction of sp³-hybridized carbons (Fsp3) is 0.200. The SMILES string of the molecule is CC(C)c1ccc(NC(=O)COC(=O)c2ccc(COc3ccccc3)cc2)cc1. The van der Waals surface area contributed by atoms with Crippen LogP contribution in [0.5, 0.6) is 5.75 Å². The Kier molecular flexibility index (Phi) is 7.22. The van der Waals surface area contributed by atoms with Gasteiger partial charge in [0, 0.05) is 5.69 Å². The van der Waals surface area contributed by atoms with E-state index in [4.69, 9.17) is 9.47 Å². The number of amides is 1. The van der Waals surface area contributed by atoms with Crippen LogP contribution >= 0.6 is 0 Å². The van der Waals surface area contributed by atoms with E-state index in [1.165, 1.54) is 5.56 Å². The molecule has 5 nitrogen and oxygen atoms in total. The van der Waals surface area contributed by atoms with Gasteiger partial charge in [-0.25, -0.2) is 4.79 Å². The van der Waals surface area contributed by atoms with Gasteiger partial charge >= 0.3 is 5.97 Å². The summed E-state index contributed by atoms with van der Waals surface area (Å²) in [5.41, 5.74) is 3.17. The number of nitrogens with one attached hydrogen (secondary N) is 1. The average Bonchev–Trinajstić information content (AvgIpc) is 2.77. The summed E-state index contributed by atoms with van der Waals surface area (Å²) in [7, 11) is 0. The Morgan fingerprint density at radius 2 is 1.53 bits per heavy atom. The van der Waals surface area contributed by atoms with E-state index in [9.17, 15) is 9.59 Å². The van der Waals surface area contributed by atoms with Crippen molar-refractivity contribution in [3.8, 4) is 5.75 Å². The van der Waals surface area contributed by atoms with Crippen LogP contribution < -0.4 is 10.1 Å². The summed E-state index contributed by atoms with van der Waals surface area (Å²) in [5, 5.41) is 2.72. The number of ether oxygens (including phenoxy) is 2. The Balaban J connectivity index is 1.45. The Morgan fingerprint density at radius 3 is 2.17 bits per heavy atom. The van der Waals surface area contributed by atoms with E-state index in [0.717, 1.165) is 11.3 Å². The normalized spacial score (nSPS) is 10.5. The molecule has 0 spiro atoms. The zero-order valence-electron chi connectivity index (χ0n) is 17.1. The van der Waals surface area contributed by atoms with Crippen molar-refractivity contribution in [3.63, 3.8) is 0 Å². The summed E-state index contributed by atoms with van der Waals surface area (Å²) in [6, 6.07) is 24.0. The molecule has 0 saturated heterocycles. The van der Waals surface area contributed by atoms with Crippen molar-refractivity contribution in [2.24, 2.45) is 0 Å². The van der Waals surface area contributed by atoms with Gasteiger partial charge in [0.15, 0.2) is 6.61 Å². The van der Waals surface area contributed by atoms with Crippen molar-refractivity contribution in [2.75, 3.05) is 11.9 Å². The highest BCUT2D eigenvalue weighted by Crippen LogP contribution is 2.17. The van der Waals surface area contributed by atoms with Gasteiger partial charge in [-0.05, 0) is 53.4 Å². The van der Waals surface area contributed by atoms with Crippen LogP contribution in [-0.4, -0.2) is 18.5 Å². The van der Waals surface area contributed by atoms with Crippen LogP contribution in [0.4, 0.5) is 5.69 Å². The maximum absolute atomic E-state index is 12.2. The molecule has 30 heavy (non-hydrogen) atoms. The molecule has 3 rings (SSSR count). The smallest absolute Gasteiger partial charge is 0.338 e. The lowest BCUT2D eigenvalue weighted by Crippen LogP contribution is -2.21. The minimum absolute atomic E-state index is 0.344. The lowest BCUT2D eigenvalue weighted by molar-refractivity contribution is -0.119. The standard InChI is InChI=1S/C25H25NO4/c1-18(2)20-12-14-22(15-13-20)26-24(27)17-30-25(28)21-10-8-19(9-11-21)16-29-23-6-4-3-5-7-23/h3-15,18H,16-17H2,1-2H3,(H,26,27). The molecule has 0 aromatic heterocycles. The van der Waals surface area contributed by atoms with Crippen LogP contribution in [0.2, 0.25) is 0 Å². The van der Waals surface area contributed by atoms with Gasteiger partial charge in [-0.1, -0.05) is 56.3 Å². The molecule has 0 saturated carbocycles. The largest absolute Gasteiger partial charge is 0.489 e. The third-order valence-corrected chi connectivity index (χ3v) is 4.53. The Labute approximate surface area is 176 Å². The van der Waals surface area contributed by atoms with E-state index >= 15 is 0 Å². The van der Waals surface area contributed by atoms with Gasteiger partial charge in [0.2, 0.25) is 0 Å². The fourth-order valence-electron chi connectivity index (χ4n) is 2.78. The Morgan fingerprint density at radius 1 is 0.867 bits per heavy atom. The monoisotopic (exact) mass is 403 g/mol. The quantitative estimate of drug-likeness (QED) is 0.526. The molecule has 0 aliphatic carbocycles. The van der Waals surface area contributed by atoms with Crippen molar-refractivity contribution < 1.29 is 19.1 Å². The molecule has 0 unspecified atom stereocenters. The number of hydrogen-bond donors (Lipinski definition) is 1. The number of para-hydroxylation sites is 1. The molecule has 1 N–H and O–H groups in total. The van der Waals surface area contributed by atoms with Crippen molar-refractivity contribution >= 4 is 17.6 Å². The maximum Gasteiger partial charge on any atom is 0.338 e. The molecular weight excluding hydrogens is 378 g/mol. The summed E-state index contributed by atoms with van der Waals surface area (Å²) in [6.07, 6.45) is 0. The second-order valence-electron chi connectivity index (χ2n) is 7.20. The van der Waals surface area contributed by atoms with Crippen molar-refractivity contribution in [1.82, 2.24) is 0 Å². The van der Waals surface area contributed by atoms with Crippen LogP contribution in [0.3, 0.4) is 0 Å².